The van der Waals surface area contributed by atoms with Crippen LogP contribution in [0.15, 0.2) is 24.3 Å². The lowest BCUT2D eigenvalue weighted by Crippen LogP contribution is -2.58. The Hall–Kier alpha value is -1.13. The molecule has 0 amide bonds. The Morgan fingerprint density at radius 3 is 2.88 bits per heavy atom. The SMILES string of the molecule is CCOC1CC(CN)(Nc2cccc(F)c2)C1. The summed E-state index contributed by atoms with van der Waals surface area (Å²) in [7, 11) is 0. The Kier molecular flexibility index (Phi) is 3.64. The first-order valence-electron chi connectivity index (χ1n) is 6.03. The number of ether oxygens (including phenoxy) is 1. The number of anilines is 1. The highest BCUT2D eigenvalue weighted by Gasteiger charge is 2.43. The van der Waals surface area contributed by atoms with Crippen LogP contribution in [0, 0.1) is 5.82 Å². The van der Waals surface area contributed by atoms with Crippen LogP contribution < -0.4 is 11.1 Å². The van der Waals surface area contributed by atoms with E-state index in [0.29, 0.717) is 6.54 Å². The fourth-order valence-electron chi connectivity index (χ4n) is 2.36. The summed E-state index contributed by atoms with van der Waals surface area (Å²) >= 11 is 0. The molecule has 1 aromatic rings. The summed E-state index contributed by atoms with van der Waals surface area (Å²) in [6, 6.07) is 6.48. The lowest BCUT2D eigenvalue weighted by Gasteiger charge is -2.47. The zero-order valence-electron chi connectivity index (χ0n) is 10.1. The molecule has 17 heavy (non-hydrogen) atoms. The lowest BCUT2D eigenvalue weighted by molar-refractivity contribution is -0.0271. The second-order valence-electron chi connectivity index (χ2n) is 4.61. The monoisotopic (exact) mass is 238 g/mol. The normalized spacial score (nSPS) is 27.6. The molecular formula is C13H19FN2O. The third-order valence-electron chi connectivity index (χ3n) is 3.26. The summed E-state index contributed by atoms with van der Waals surface area (Å²) in [4.78, 5) is 0. The maximum atomic E-state index is 13.1. The van der Waals surface area contributed by atoms with Crippen molar-refractivity contribution in [3.63, 3.8) is 0 Å². The van der Waals surface area contributed by atoms with Crippen LogP contribution in [0.2, 0.25) is 0 Å². The maximum Gasteiger partial charge on any atom is 0.125 e. The molecule has 0 heterocycles. The number of benzene rings is 1. The highest BCUT2D eigenvalue weighted by Crippen LogP contribution is 2.36. The molecule has 0 radical (unpaired) electrons. The molecule has 0 saturated heterocycles. The molecule has 3 N–H and O–H groups in total. The minimum atomic E-state index is -0.233. The second kappa shape index (κ2) is 5.02. The molecule has 2 rings (SSSR count). The van der Waals surface area contributed by atoms with Gasteiger partial charge in [-0.15, -0.1) is 0 Å². The fourth-order valence-corrected chi connectivity index (χ4v) is 2.36. The van der Waals surface area contributed by atoms with Crippen molar-refractivity contribution in [2.24, 2.45) is 5.73 Å². The molecule has 0 spiro atoms. The van der Waals surface area contributed by atoms with Crippen molar-refractivity contribution in [1.29, 1.82) is 0 Å². The van der Waals surface area contributed by atoms with Crippen LogP contribution in [0.3, 0.4) is 0 Å². The lowest BCUT2D eigenvalue weighted by atomic mass is 9.74. The van der Waals surface area contributed by atoms with Crippen molar-refractivity contribution in [3.8, 4) is 0 Å². The Morgan fingerprint density at radius 1 is 1.53 bits per heavy atom. The predicted molar refractivity (Wildman–Crippen MR) is 66.5 cm³/mol. The molecule has 1 fully saturated rings. The van der Waals surface area contributed by atoms with Gasteiger partial charge in [0.25, 0.3) is 0 Å². The van der Waals surface area contributed by atoms with E-state index in [4.69, 9.17) is 10.5 Å². The van der Waals surface area contributed by atoms with Gasteiger partial charge >= 0.3 is 0 Å². The smallest absolute Gasteiger partial charge is 0.125 e. The minimum Gasteiger partial charge on any atom is -0.378 e. The molecule has 0 aliphatic heterocycles. The minimum absolute atomic E-state index is 0.131. The number of halogens is 1. The first-order chi connectivity index (χ1) is 8.17. The Balaban J connectivity index is 1.97. The van der Waals surface area contributed by atoms with E-state index in [-0.39, 0.29) is 17.5 Å². The largest absolute Gasteiger partial charge is 0.378 e. The van der Waals surface area contributed by atoms with E-state index in [1.165, 1.54) is 12.1 Å². The Morgan fingerprint density at radius 2 is 2.29 bits per heavy atom. The maximum absolute atomic E-state index is 13.1. The van der Waals surface area contributed by atoms with Gasteiger partial charge in [0, 0.05) is 18.8 Å². The van der Waals surface area contributed by atoms with E-state index in [9.17, 15) is 4.39 Å². The Bertz CT molecular complexity index is 377. The first kappa shape index (κ1) is 12.3. The van der Waals surface area contributed by atoms with Gasteiger partial charge in [-0.3, -0.25) is 0 Å². The molecule has 1 aliphatic carbocycles. The van der Waals surface area contributed by atoms with Gasteiger partial charge in [-0.05, 0) is 38.0 Å². The van der Waals surface area contributed by atoms with Gasteiger partial charge in [0.2, 0.25) is 0 Å². The van der Waals surface area contributed by atoms with Crippen LogP contribution >= 0.6 is 0 Å². The molecule has 0 unspecified atom stereocenters. The van der Waals surface area contributed by atoms with Crippen molar-refractivity contribution >= 4 is 5.69 Å². The van der Waals surface area contributed by atoms with Gasteiger partial charge in [-0.25, -0.2) is 4.39 Å². The van der Waals surface area contributed by atoms with Crippen molar-refractivity contribution in [2.75, 3.05) is 18.5 Å². The van der Waals surface area contributed by atoms with Gasteiger partial charge in [-0.1, -0.05) is 6.07 Å². The highest BCUT2D eigenvalue weighted by atomic mass is 19.1. The Labute approximate surface area is 101 Å². The molecule has 0 aromatic heterocycles. The molecule has 0 bridgehead atoms. The quantitative estimate of drug-likeness (QED) is 0.826. The van der Waals surface area contributed by atoms with Crippen molar-refractivity contribution in [2.45, 2.75) is 31.4 Å². The summed E-state index contributed by atoms with van der Waals surface area (Å²) in [6.45, 7) is 3.25. The van der Waals surface area contributed by atoms with Crippen LogP contribution in [-0.4, -0.2) is 24.8 Å². The van der Waals surface area contributed by atoms with E-state index in [0.717, 1.165) is 25.1 Å². The van der Waals surface area contributed by atoms with Crippen molar-refractivity contribution < 1.29 is 9.13 Å². The molecule has 94 valence electrons. The summed E-state index contributed by atoms with van der Waals surface area (Å²) in [5.74, 6) is -0.233. The predicted octanol–water partition coefficient (Wildman–Crippen LogP) is 2.13. The topological polar surface area (TPSA) is 47.3 Å². The van der Waals surface area contributed by atoms with Crippen LogP contribution in [0.4, 0.5) is 10.1 Å². The number of rotatable bonds is 5. The van der Waals surface area contributed by atoms with Crippen LogP contribution in [0.25, 0.3) is 0 Å². The van der Waals surface area contributed by atoms with Crippen LogP contribution in [0.5, 0.6) is 0 Å². The average Bonchev–Trinajstić information content (AvgIpc) is 2.26. The van der Waals surface area contributed by atoms with Crippen LogP contribution in [-0.2, 0) is 4.74 Å². The van der Waals surface area contributed by atoms with E-state index in [1.807, 2.05) is 13.0 Å². The number of nitrogens with two attached hydrogens (primary N) is 1. The number of hydrogen-bond donors (Lipinski definition) is 2. The first-order valence-corrected chi connectivity index (χ1v) is 6.03. The fraction of sp³-hybridized carbons (Fsp3) is 0.538. The van der Waals surface area contributed by atoms with E-state index >= 15 is 0 Å². The standard InChI is InChI=1S/C13H19FN2O/c1-2-17-12-7-13(8-12,9-15)16-11-5-3-4-10(14)6-11/h3-6,12,16H,2,7-9,15H2,1H3. The zero-order valence-corrected chi connectivity index (χ0v) is 10.1. The summed E-state index contributed by atoms with van der Waals surface area (Å²) in [5, 5.41) is 3.33. The van der Waals surface area contributed by atoms with Gasteiger partial charge in [0.1, 0.15) is 5.82 Å². The summed E-state index contributed by atoms with van der Waals surface area (Å²) < 4.78 is 18.6. The van der Waals surface area contributed by atoms with Crippen molar-refractivity contribution in [1.82, 2.24) is 0 Å². The summed E-state index contributed by atoms with van der Waals surface area (Å²) in [5.41, 5.74) is 6.45. The van der Waals surface area contributed by atoms with Crippen LogP contribution in [0.1, 0.15) is 19.8 Å². The van der Waals surface area contributed by atoms with E-state index in [1.54, 1.807) is 6.07 Å². The van der Waals surface area contributed by atoms with E-state index in [2.05, 4.69) is 5.32 Å². The van der Waals surface area contributed by atoms with Gasteiger partial charge in [-0.2, -0.15) is 0 Å². The van der Waals surface area contributed by atoms with Gasteiger partial charge in [0.15, 0.2) is 0 Å². The molecule has 1 saturated carbocycles. The molecule has 4 heteroatoms. The number of hydrogen-bond acceptors (Lipinski definition) is 3. The zero-order chi connectivity index (χ0) is 12.3. The van der Waals surface area contributed by atoms with Gasteiger partial charge in [0.05, 0.1) is 11.6 Å². The molecule has 3 nitrogen and oxygen atoms in total. The highest BCUT2D eigenvalue weighted by molar-refractivity contribution is 5.47. The molecule has 1 aliphatic rings. The third-order valence-corrected chi connectivity index (χ3v) is 3.26. The molecule has 0 atom stereocenters. The van der Waals surface area contributed by atoms with E-state index < -0.39 is 0 Å². The second-order valence-corrected chi connectivity index (χ2v) is 4.61. The average molecular weight is 238 g/mol. The van der Waals surface area contributed by atoms with Crippen molar-refractivity contribution in [3.05, 3.63) is 30.1 Å². The number of nitrogens with one attached hydrogen (secondary N) is 1. The summed E-state index contributed by atoms with van der Waals surface area (Å²) in [6.07, 6.45) is 2.05. The molecule has 1 aromatic carbocycles. The third kappa shape index (κ3) is 2.76. The van der Waals surface area contributed by atoms with Gasteiger partial charge < -0.3 is 15.8 Å². The molecular weight excluding hydrogens is 219 g/mol.